The molecule has 0 saturated heterocycles. The quantitative estimate of drug-likeness (QED) is 0.483. The average Bonchev–Trinajstić information content (AvgIpc) is 2.63. The molecule has 0 aliphatic heterocycles. The highest BCUT2D eigenvalue weighted by molar-refractivity contribution is 5.51. The van der Waals surface area contributed by atoms with E-state index in [-0.39, 0.29) is 18.0 Å². The first-order chi connectivity index (χ1) is 12.1. The lowest BCUT2D eigenvalue weighted by Gasteiger charge is -2.10. The molecule has 1 aromatic heterocycles. The summed E-state index contributed by atoms with van der Waals surface area (Å²) >= 11 is 0. The van der Waals surface area contributed by atoms with Crippen LogP contribution >= 0.6 is 0 Å². The van der Waals surface area contributed by atoms with Crippen molar-refractivity contribution in [3.8, 4) is 17.4 Å². The number of nitrogens with zero attached hydrogens (tertiary/aromatic N) is 2. The van der Waals surface area contributed by atoms with Crippen molar-refractivity contribution in [2.75, 3.05) is 0 Å². The van der Waals surface area contributed by atoms with Crippen LogP contribution in [0.15, 0.2) is 66.9 Å². The van der Waals surface area contributed by atoms with Gasteiger partial charge in [0.25, 0.3) is 0 Å². The zero-order valence-corrected chi connectivity index (χ0v) is 13.6. The molecular weight excluding hydrogens is 320 g/mol. The van der Waals surface area contributed by atoms with Crippen LogP contribution in [0.3, 0.4) is 0 Å². The maximum Gasteiger partial charge on any atom is 0.311 e. The molecule has 0 bridgehead atoms. The SMILES string of the molecule is Cc1ccc(Oc2ccc([N+](=O)[O-])c(OCc3ccccc3)c2)nc1. The summed E-state index contributed by atoms with van der Waals surface area (Å²) in [6, 6.07) is 17.5. The van der Waals surface area contributed by atoms with E-state index in [1.807, 2.05) is 43.3 Å². The molecule has 0 aliphatic rings. The molecular formula is C19H16N2O4. The Morgan fingerprint density at radius 2 is 1.88 bits per heavy atom. The third kappa shape index (κ3) is 4.32. The first kappa shape index (κ1) is 16.4. The van der Waals surface area contributed by atoms with Gasteiger partial charge >= 0.3 is 5.69 Å². The van der Waals surface area contributed by atoms with Crippen LogP contribution in [0.25, 0.3) is 0 Å². The van der Waals surface area contributed by atoms with Gasteiger partial charge in [-0.1, -0.05) is 36.4 Å². The van der Waals surface area contributed by atoms with Crippen molar-refractivity contribution in [1.82, 2.24) is 4.98 Å². The van der Waals surface area contributed by atoms with Gasteiger partial charge in [0.1, 0.15) is 12.4 Å². The van der Waals surface area contributed by atoms with Crippen molar-refractivity contribution in [3.63, 3.8) is 0 Å². The highest BCUT2D eigenvalue weighted by atomic mass is 16.6. The van der Waals surface area contributed by atoms with Gasteiger partial charge < -0.3 is 9.47 Å². The zero-order valence-electron chi connectivity index (χ0n) is 13.6. The van der Waals surface area contributed by atoms with Gasteiger partial charge in [-0.2, -0.15) is 0 Å². The fourth-order valence-corrected chi connectivity index (χ4v) is 2.20. The Hall–Kier alpha value is -3.41. The molecule has 6 heteroatoms. The van der Waals surface area contributed by atoms with E-state index in [4.69, 9.17) is 9.47 Å². The van der Waals surface area contributed by atoms with Gasteiger partial charge in [0.2, 0.25) is 11.6 Å². The van der Waals surface area contributed by atoms with Crippen molar-refractivity contribution < 1.29 is 14.4 Å². The molecule has 0 unspecified atom stereocenters. The van der Waals surface area contributed by atoms with Crippen molar-refractivity contribution in [2.24, 2.45) is 0 Å². The van der Waals surface area contributed by atoms with Crippen molar-refractivity contribution in [3.05, 3.63) is 88.1 Å². The number of rotatable bonds is 6. The number of nitro groups is 1. The van der Waals surface area contributed by atoms with E-state index < -0.39 is 4.92 Å². The van der Waals surface area contributed by atoms with Gasteiger partial charge in [-0.25, -0.2) is 4.98 Å². The predicted octanol–water partition coefficient (Wildman–Crippen LogP) is 4.67. The van der Waals surface area contributed by atoms with Gasteiger partial charge in [0.05, 0.1) is 4.92 Å². The number of aromatic nitrogens is 1. The van der Waals surface area contributed by atoms with Crippen LogP contribution in [-0.2, 0) is 6.61 Å². The van der Waals surface area contributed by atoms with E-state index in [0.717, 1.165) is 11.1 Å². The van der Waals surface area contributed by atoms with Crippen LogP contribution in [0.1, 0.15) is 11.1 Å². The minimum atomic E-state index is -0.478. The highest BCUT2D eigenvalue weighted by Gasteiger charge is 2.17. The van der Waals surface area contributed by atoms with E-state index in [1.165, 1.54) is 18.2 Å². The minimum absolute atomic E-state index is 0.111. The van der Waals surface area contributed by atoms with Crippen molar-refractivity contribution in [2.45, 2.75) is 13.5 Å². The van der Waals surface area contributed by atoms with Crippen LogP contribution < -0.4 is 9.47 Å². The number of hydrogen-bond donors (Lipinski definition) is 0. The van der Waals surface area contributed by atoms with Crippen LogP contribution in [-0.4, -0.2) is 9.91 Å². The molecule has 1 heterocycles. The first-order valence-electron chi connectivity index (χ1n) is 7.67. The number of aryl methyl sites for hydroxylation is 1. The van der Waals surface area contributed by atoms with E-state index in [9.17, 15) is 10.1 Å². The largest absolute Gasteiger partial charge is 0.482 e. The van der Waals surface area contributed by atoms with Crippen LogP contribution in [0.2, 0.25) is 0 Å². The van der Waals surface area contributed by atoms with Crippen LogP contribution in [0, 0.1) is 17.0 Å². The molecule has 0 atom stereocenters. The molecule has 25 heavy (non-hydrogen) atoms. The Labute approximate surface area is 144 Å². The summed E-state index contributed by atoms with van der Waals surface area (Å²) in [4.78, 5) is 14.9. The smallest absolute Gasteiger partial charge is 0.311 e. The number of hydrogen-bond acceptors (Lipinski definition) is 5. The molecule has 3 aromatic rings. The van der Waals surface area contributed by atoms with Gasteiger partial charge in [-0.05, 0) is 24.1 Å². The lowest BCUT2D eigenvalue weighted by Crippen LogP contribution is -1.99. The molecule has 0 amide bonds. The third-order valence-corrected chi connectivity index (χ3v) is 3.47. The van der Waals surface area contributed by atoms with E-state index in [1.54, 1.807) is 12.3 Å². The number of nitro benzene ring substituents is 1. The van der Waals surface area contributed by atoms with Crippen LogP contribution in [0.5, 0.6) is 17.4 Å². The lowest BCUT2D eigenvalue weighted by atomic mass is 10.2. The first-order valence-corrected chi connectivity index (χ1v) is 7.67. The second kappa shape index (κ2) is 7.44. The van der Waals surface area contributed by atoms with Gasteiger partial charge in [0.15, 0.2) is 0 Å². The Bertz CT molecular complexity index is 864. The van der Waals surface area contributed by atoms with Gasteiger partial charge in [0, 0.05) is 24.4 Å². The molecule has 3 rings (SSSR count). The summed E-state index contributed by atoms with van der Waals surface area (Å²) in [7, 11) is 0. The summed E-state index contributed by atoms with van der Waals surface area (Å²) in [5, 5.41) is 11.2. The average molecular weight is 336 g/mol. The van der Waals surface area contributed by atoms with Crippen molar-refractivity contribution >= 4 is 5.69 Å². The maximum atomic E-state index is 11.2. The summed E-state index contributed by atoms with van der Waals surface area (Å²) in [5.41, 5.74) is 1.83. The normalized spacial score (nSPS) is 10.3. The summed E-state index contributed by atoms with van der Waals surface area (Å²) < 4.78 is 11.3. The molecule has 0 fully saturated rings. The minimum Gasteiger partial charge on any atom is -0.482 e. The van der Waals surface area contributed by atoms with E-state index in [0.29, 0.717) is 11.6 Å². The van der Waals surface area contributed by atoms with Gasteiger partial charge in [-0.15, -0.1) is 0 Å². The monoisotopic (exact) mass is 336 g/mol. The van der Waals surface area contributed by atoms with Crippen LogP contribution in [0.4, 0.5) is 5.69 Å². The second-order valence-corrected chi connectivity index (χ2v) is 5.44. The number of benzene rings is 2. The second-order valence-electron chi connectivity index (χ2n) is 5.44. The predicted molar refractivity (Wildman–Crippen MR) is 92.9 cm³/mol. The van der Waals surface area contributed by atoms with E-state index >= 15 is 0 Å². The molecule has 0 saturated carbocycles. The fourth-order valence-electron chi connectivity index (χ4n) is 2.20. The third-order valence-electron chi connectivity index (χ3n) is 3.47. The molecule has 2 aromatic carbocycles. The Morgan fingerprint density at radius 1 is 1.08 bits per heavy atom. The Kier molecular flexibility index (Phi) is 4.89. The molecule has 6 nitrogen and oxygen atoms in total. The molecule has 0 aliphatic carbocycles. The maximum absolute atomic E-state index is 11.2. The summed E-state index contributed by atoms with van der Waals surface area (Å²) in [5.74, 6) is 0.983. The number of pyridine rings is 1. The Morgan fingerprint density at radius 3 is 2.56 bits per heavy atom. The highest BCUT2D eigenvalue weighted by Crippen LogP contribution is 2.33. The van der Waals surface area contributed by atoms with Gasteiger partial charge in [-0.3, -0.25) is 10.1 Å². The molecule has 0 spiro atoms. The Balaban J connectivity index is 1.81. The summed E-state index contributed by atoms with van der Waals surface area (Å²) in [6.45, 7) is 2.16. The zero-order chi connectivity index (χ0) is 17.6. The summed E-state index contributed by atoms with van der Waals surface area (Å²) in [6.07, 6.45) is 1.69. The molecule has 0 radical (unpaired) electrons. The van der Waals surface area contributed by atoms with E-state index in [2.05, 4.69) is 4.98 Å². The molecule has 0 N–H and O–H groups in total. The fraction of sp³-hybridized carbons (Fsp3) is 0.105. The number of ether oxygens (including phenoxy) is 2. The van der Waals surface area contributed by atoms with Crippen molar-refractivity contribution in [1.29, 1.82) is 0 Å². The lowest BCUT2D eigenvalue weighted by molar-refractivity contribution is -0.386. The molecule has 126 valence electrons. The standard InChI is InChI=1S/C19H16N2O4/c1-14-7-10-19(20-12-14)25-16-8-9-17(21(22)23)18(11-16)24-13-15-5-3-2-4-6-15/h2-12H,13H2,1H3. The topological polar surface area (TPSA) is 74.5 Å².